The van der Waals surface area contributed by atoms with E-state index < -0.39 is 0 Å². The van der Waals surface area contributed by atoms with Gasteiger partial charge in [-0.2, -0.15) is 0 Å². The molecule has 0 amide bonds. The second-order valence-electron chi connectivity index (χ2n) is 5.39. The van der Waals surface area contributed by atoms with Gasteiger partial charge in [-0.05, 0) is 18.2 Å². The zero-order chi connectivity index (χ0) is 15.2. The molecule has 5 aromatic rings. The summed E-state index contributed by atoms with van der Waals surface area (Å²) in [5, 5.41) is 3.52. The van der Waals surface area contributed by atoms with Crippen molar-refractivity contribution >= 4 is 42.4 Å². The van der Waals surface area contributed by atoms with Gasteiger partial charge in [-0.3, -0.25) is 15.0 Å². The molecule has 5 rings (SSSR count). The van der Waals surface area contributed by atoms with Gasteiger partial charge in [0.1, 0.15) is 0 Å². The summed E-state index contributed by atoms with van der Waals surface area (Å²) in [6.07, 6.45) is 7.47. The quantitative estimate of drug-likeness (QED) is 0.434. The minimum Gasteiger partial charge on any atom is -0.263 e. The molecule has 0 aliphatic heterocycles. The summed E-state index contributed by atoms with van der Waals surface area (Å²) in [5.74, 6) is 0. The molecular weight excluding hydrogens is 302 g/mol. The van der Waals surface area contributed by atoms with Crippen LogP contribution in [0.15, 0.2) is 67.3 Å². The van der Waals surface area contributed by atoms with E-state index in [9.17, 15) is 0 Å². The summed E-state index contributed by atoms with van der Waals surface area (Å²) in [4.78, 5) is 13.5. The number of hydrogen-bond donors (Lipinski definition) is 0. The van der Waals surface area contributed by atoms with E-state index in [0.717, 1.165) is 22.2 Å². The third-order valence-electron chi connectivity index (χ3n) is 4.07. The van der Waals surface area contributed by atoms with E-state index in [0.29, 0.717) is 0 Å². The highest BCUT2D eigenvalue weighted by Crippen LogP contribution is 2.39. The Morgan fingerprint density at radius 1 is 0.783 bits per heavy atom. The average molecular weight is 313 g/mol. The molecule has 4 heteroatoms. The molecule has 3 nitrogen and oxygen atoms in total. The van der Waals surface area contributed by atoms with Gasteiger partial charge in [-0.15, -0.1) is 11.3 Å². The van der Waals surface area contributed by atoms with E-state index in [1.165, 1.54) is 20.2 Å². The zero-order valence-electron chi connectivity index (χ0n) is 12.1. The summed E-state index contributed by atoms with van der Waals surface area (Å²) < 4.78 is 2.41. The first-order valence-corrected chi connectivity index (χ1v) is 8.19. The van der Waals surface area contributed by atoms with E-state index in [1.54, 1.807) is 11.3 Å². The highest BCUT2D eigenvalue weighted by molar-refractivity contribution is 7.25. The molecule has 4 aromatic heterocycles. The van der Waals surface area contributed by atoms with Crippen molar-refractivity contribution in [1.29, 1.82) is 0 Å². The lowest BCUT2D eigenvalue weighted by atomic mass is 10.0. The van der Waals surface area contributed by atoms with Crippen LogP contribution in [0.25, 0.3) is 42.3 Å². The lowest BCUT2D eigenvalue weighted by Gasteiger charge is -2.07. The molecule has 0 fully saturated rings. The number of thiophene rings is 1. The first-order valence-electron chi connectivity index (χ1n) is 7.37. The summed E-state index contributed by atoms with van der Waals surface area (Å²) in [7, 11) is 0. The van der Waals surface area contributed by atoms with Gasteiger partial charge in [0, 0.05) is 51.2 Å². The van der Waals surface area contributed by atoms with Gasteiger partial charge in [-0.25, -0.2) is 0 Å². The van der Waals surface area contributed by atoms with Crippen LogP contribution in [0.3, 0.4) is 0 Å². The Balaban J connectivity index is 1.96. The Labute approximate surface area is 136 Å². The Kier molecular flexibility index (Phi) is 2.66. The summed E-state index contributed by atoms with van der Waals surface area (Å²) in [6.45, 7) is 0. The fourth-order valence-corrected chi connectivity index (χ4v) is 4.14. The molecule has 23 heavy (non-hydrogen) atoms. The van der Waals surface area contributed by atoms with E-state index in [-0.39, 0.29) is 0 Å². The van der Waals surface area contributed by atoms with Crippen molar-refractivity contribution in [2.24, 2.45) is 0 Å². The van der Waals surface area contributed by atoms with Gasteiger partial charge in [0.15, 0.2) is 0 Å². The first-order chi connectivity index (χ1) is 11.4. The van der Waals surface area contributed by atoms with Crippen LogP contribution in [-0.4, -0.2) is 15.0 Å². The number of rotatable bonds is 1. The molecule has 0 saturated heterocycles. The third kappa shape index (κ3) is 1.85. The number of aromatic nitrogens is 3. The smallest absolute Gasteiger partial charge is 0.0816 e. The maximum absolute atomic E-state index is 4.70. The van der Waals surface area contributed by atoms with E-state index in [2.05, 4.69) is 46.4 Å². The monoisotopic (exact) mass is 313 g/mol. The molecule has 4 heterocycles. The SMILES string of the molecule is c1cnc2c(-c3nccc4sc5cnccc5c34)cccc2c1. The summed E-state index contributed by atoms with van der Waals surface area (Å²) in [5.41, 5.74) is 3.05. The fourth-order valence-electron chi connectivity index (χ4n) is 3.08. The second-order valence-corrected chi connectivity index (χ2v) is 6.47. The molecule has 0 radical (unpaired) electrons. The molecule has 0 unspecified atom stereocenters. The van der Waals surface area contributed by atoms with Gasteiger partial charge in [0.05, 0.1) is 15.9 Å². The van der Waals surface area contributed by atoms with Crippen LogP contribution >= 0.6 is 11.3 Å². The number of nitrogens with zero attached hydrogens (tertiary/aromatic N) is 3. The van der Waals surface area contributed by atoms with Crippen LogP contribution in [0.1, 0.15) is 0 Å². The Morgan fingerprint density at radius 2 is 1.74 bits per heavy atom. The van der Waals surface area contributed by atoms with Crippen LogP contribution in [0.5, 0.6) is 0 Å². The van der Waals surface area contributed by atoms with E-state index >= 15 is 0 Å². The zero-order valence-corrected chi connectivity index (χ0v) is 12.9. The third-order valence-corrected chi connectivity index (χ3v) is 5.18. The lowest BCUT2D eigenvalue weighted by Crippen LogP contribution is -1.88. The van der Waals surface area contributed by atoms with Crippen molar-refractivity contribution in [2.75, 3.05) is 0 Å². The number of benzene rings is 1. The standard InChI is InChI=1S/C19H11N3S/c1-3-12-4-2-8-21-18(12)14(5-1)19-17-13-6-9-20-11-16(13)23-15(17)7-10-22-19/h1-11H. The molecule has 0 spiro atoms. The Morgan fingerprint density at radius 3 is 2.74 bits per heavy atom. The molecule has 1 aromatic carbocycles. The number of pyridine rings is 3. The molecular formula is C19H11N3S. The summed E-state index contributed by atoms with van der Waals surface area (Å²) in [6, 6.07) is 14.4. The van der Waals surface area contributed by atoms with Crippen molar-refractivity contribution in [2.45, 2.75) is 0 Å². The molecule has 0 aliphatic rings. The minimum atomic E-state index is 0.989. The van der Waals surface area contributed by atoms with Gasteiger partial charge in [0.25, 0.3) is 0 Å². The van der Waals surface area contributed by atoms with Gasteiger partial charge < -0.3 is 0 Å². The molecule has 0 atom stereocenters. The van der Waals surface area contributed by atoms with E-state index in [1.807, 2.05) is 30.9 Å². The number of para-hydroxylation sites is 1. The van der Waals surface area contributed by atoms with Crippen molar-refractivity contribution in [3.8, 4) is 11.3 Å². The van der Waals surface area contributed by atoms with Crippen LogP contribution in [0, 0.1) is 0 Å². The highest BCUT2D eigenvalue weighted by atomic mass is 32.1. The topological polar surface area (TPSA) is 38.7 Å². The predicted octanol–water partition coefficient (Wildman–Crippen LogP) is 5.06. The van der Waals surface area contributed by atoms with Crippen LogP contribution in [0.4, 0.5) is 0 Å². The van der Waals surface area contributed by atoms with Crippen LogP contribution < -0.4 is 0 Å². The number of hydrogen-bond acceptors (Lipinski definition) is 4. The molecule has 0 N–H and O–H groups in total. The van der Waals surface area contributed by atoms with Crippen LogP contribution in [-0.2, 0) is 0 Å². The largest absolute Gasteiger partial charge is 0.263 e. The molecule has 0 saturated carbocycles. The van der Waals surface area contributed by atoms with Crippen molar-refractivity contribution in [3.63, 3.8) is 0 Å². The minimum absolute atomic E-state index is 0.989. The van der Waals surface area contributed by atoms with Gasteiger partial charge in [-0.1, -0.05) is 24.3 Å². The fraction of sp³-hybridized carbons (Fsp3) is 0. The average Bonchev–Trinajstić information content (AvgIpc) is 3.00. The van der Waals surface area contributed by atoms with Crippen molar-refractivity contribution in [1.82, 2.24) is 15.0 Å². The lowest BCUT2D eigenvalue weighted by molar-refractivity contribution is 1.35. The van der Waals surface area contributed by atoms with Gasteiger partial charge in [0.2, 0.25) is 0 Å². The molecule has 0 bridgehead atoms. The predicted molar refractivity (Wildman–Crippen MR) is 95.7 cm³/mol. The Hall–Kier alpha value is -2.85. The first kappa shape index (κ1) is 12.7. The van der Waals surface area contributed by atoms with Crippen molar-refractivity contribution in [3.05, 3.63) is 67.3 Å². The number of fused-ring (bicyclic) bond motifs is 4. The maximum Gasteiger partial charge on any atom is 0.0816 e. The maximum atomic E-state index is 4.70. The second kappa shape index (κ2) is 4.83. The normalized spacial score (nSPS) is 11.5. The summed E-state index contributed by atoms with van der Waals surface area (Å²) >= 11 is 1.75. The highest BCUT2D eigenvalue weighted by Gasteiger charge is 2.14. The van der Waals surface area contributed by atoms with Crippen molar-refractivity contribution < 1.29 is 0 Å². The Bertz CT molecular complexity index is 1170. The van der Waals surface area contributed by atoms with Crippen LogP contribution in [0.2, 0.25) is 0 Å². The molecule has 0 aliphatic carbocycles. The molecule has 108 valence electrons. The van der Waals surface area contributed by atoms with Gasteiger partial charge >= 0.3 is 0 Å². The van der Waals surface area contributed by atoms with E-state index in [4.69, 9.17) is 4.98 Å².